The molecule has 3 aliphatic rings. The van der Waals surface area contributed by atoms with Gasteiger partial charge in [0.25, 0.3) is 5.69 Å². The number of nitrogens with zero attached hydrogens (tertiary/aromatic N) is 3. The fraction of sp³-hybridized carbons (Fsp3) is 0.500. The molecular formula is C24H28N4O6. The Balaban J connectivity index is 1.67. The summed E-state index contributed by atoms with van der Waals surface area (Å²) in [5, 5.41) is 19.7. The molecule has 180 valence electrons. The number of nitrogens with one attached hydrogen (secondary N) is 1. The zero-order chi connectivity index (χ0) is 24.0. The van der Waals surface area contributed by atoms with E-state index in [4.69, 9.17) is 19.3 Å². The molecule has 5 rings (SSSR count). The number of ether oxygens (including phenoxy) is 3. The number of hydrogen-bond acceptors (Lipinski definition) is 8. The minimum absolute atomic E-state index is 0.0331. The van der Waals surface area contributed by atoms with E-state index in [9.17, 15) is 14.9 Å². The van der Waals surface area contributed by atoms with E-state index < -0.39 is 22.6 Å². The van der Waals surface area contributed by atoms with Gasteiger partial charge in [-0.3, -0.25) is 14.8 Å². The van der Waals surface area contributed by atoms with Crippen LogP contribution in [0.5, 0.6) is 0 Å². The Morgan fingerprint density at radius 3 is 2.82 bits per heavy atom. The molecule has 2 unspecified atom stereocenters. The van der Waals surface area contributed by atoms with Gasteiger partial charge in [-0.15, -0.1) is 0 Å². The van der Waals surface area contributed by atoms with Gasteiger partial charge in [-0.05, 0) is 25.3 Å². The average Bonchev–Trinajstić information content (AvgIpc) is 3.42. The SMILES string of the molecule is COC(=O)C1=C(C)Nc2c(c(C3CCCC4(C3)OCCO4)nn2C)C1c1cccc([N+](=O)[O-])c1. The fourth-order valence-electron chi connectivity index (χ4n) is 5.62. The molecule has 0 amide bonds. The molecule has 2 aromatic rings. The van der Waals surface area contributed by atoms with Gasteiger partial charge in [-0.1, -0.05) is 12.1 Å². The minimum Gasteiger partial charge on any atom is -0.466 e. The first-order valence-corrected chi connectivity index (χ1v) is 11.5. The van der Waals surface area contributed by atoms with Gasteiger partial charge in [-0.25, -0.2) is 4.79 Å². The first-order valence-electron chi connectivity index (χ1n) is 11.5. The summed E-state index contributed by atoms with van der Waals surface area (Å²) in [7, 11) is 3.20. The predicted molar refractivity (Wildman–Crippen MR) is 122 cm³/mol. The van der Waals surface area contributed by atoms with Crippen molar-refractivity contribution in [3.63, 3.8) is 0 Å². The van der Waals surface area contributed by atoms with Crippen molar-refractivity contribution >= 4 is 17.5 Å². The molecule has 2 atom stereocenters. The quantitative estimate of drug-likeness (QED) is 0.410. The number of nitro groups is 1. The molecule has 1 aromatic carbocycles. The number of carbonyl (C=O) groups is 1. The Labute approximate surface area is 197 Å². The Morgan fingerprint density at radius 2 is 2.12 bits per heavy atom. The van der Waals surface area contributed by atoms with Crippen LogP contribution in [0.1, 0.15) is 61.3 Å². The number of benzene rings is 1. The van der Waals surface area contributed by atoms with Gasteiger partial charge >= 0.3 is 5.97 Å². The van der Waals surface area contributed by atoms with Crippen LogP contribution >= 0.6 is 0 Å². The molecule has 34 heavy (non-hydrogen) atoms. The monoisotopic (exact) mass is 468 g/mol. The number of nitro benzene ring substituents is 1. The van der Waals surface area contributed by atoms with Gasteiger partial charge in [0.05, 0.1) is 36.5 Å². The van der Waals surface area contributed by atoms with Crippen molar-refractivity contribution in [3.8, 4) is 0 Å². The van der Waals surface area contributed by atoms with Gasteiger partial charge in [0.15, 0.2) is 5.79 Å². The molecule has 0 bridgehead atoms. The molecule has 3 heterocycles. The minimum atomic E-state index is -0.590. The number of allylic oxidation sites excluding steroid dienone is 1. The van der Waals surface area contributed by atoms with E-state index in [1.54, 1.807) is 10.7 Å². The van der Waals surface area contributed by atoms with E-state index in [-0.39, 0.29) is 11.6 Å². The molecule has 0 radical (unpaired) electrons. The molecule has 1 N–H and O–H groups in total. The third-order valence-electron chi connectivity index (χ3n) is 7.09. The number of carbonyl (C=O) groups excluding carboxylic acids is 1. The number of aryl methyl sites for hydroxylation is 1. The number of aromatic nitrogens is 2. The normalized spacial score (nSPS) is 23.5. The summed E-state index contributed by atoms with van der Waals surface area (Å²) in [5.41, 5.74) is 3.36. The second-order valence-electron chi connectivity index (χ2n) is 9.11. The number of non-ortho nitro benzene ring substituents is 1. The van der Waals surface area contributed by atoms with Crippen LogP contribution in [0.15, 0.2) is 35.5 Å². The van der Waals surface area contributed by atoms with Crippen LogP contribution in [0.2, 0.25) is 0 Å². The molecule has 10 nitrogen and oxygen atoms in total. The molecule has 10 heteroatoms. The Hall–Kier alpha value is -3.24. The summed E-state index contributed by atoms with van der Waals surface area (Å²) >= 11 is 0. The zero-order valence-corrected chi connectivity index (χ0v) is 19.5. The molecule has 2 fully saturated rings. The fourth-order valence-corrected chi connectivity index (χ4v) is 5.62. The van der Waals surface area contributed by atoms with Crippen LogP contribution in [-0.4, -0.2) is 46.8 Å². The highest BCUT2D eigenvalue weighted by Crippen LogP contribution is 2.50. The summed E-state index contributed by atoms with van der Waals surface area (Å²) in [5.74, 6) is -0.806. The van der Waals surface area contributed by atoms with Crippen molar-refractivity contribution in [2.24, 2.45) is 7.05 Å². The topological polar surface area (TPSA) is 118 Å². The maximum atomic E-state index is 13.0. The van der Waals surface area contributed by atoms with E-state index >= 15 is 0 Å². The smallest absolute Gasteiger partial charge is 0.336 e. The third-order valence-corrected chi connectivity index (χ3v) is 7.09. The molecule has 1 aliphatic carbocycles. The Kier molecular flexibility index (Phi) is 5.65. The van der Waals surface area contributed by atoms with E-state index in [0.29, 0.717) is 36.5 Å². The Bertz CT molecular complexity index is 1180. The highest BCUT2D eigenvalue weighted by Gasteiger charge is 2.45. The van der Waals surface area contributed by atoms with Crippen LogP contribution in [0.3, 0.4) is 0 Å². The van der Waals surface area contributed by atoms with Crippen LogP contribution < -0.4 is 5.32 Å². The summed E-state index contributed by atoms with van der Waals surface area (Å²) in [6, 6.07) is 6.43. The number of esters is 1. The maximum absolute atomic E-state index is 13.0. The first-order chi connectivity index (χ1) is 16.3. The van der Waals surface area contributed by atoms with Gasteiger partial charge < -0.3 is 19.5 Å². The van der Waals surface area contributed by atoms with E-state index in [2.05, 4.69) is 5.32 Å². The zero-order valence-electron chi connectivity index (χ0n) is 19.5. The van der Waals surface area contributed by atoms with E-state index in [1.165, 1.54) is 19.2 Å². The molecule has 1 spiro atoms. The summed E-state index contributed by atoms with van der Waals surface area (Å²) < 4.78 is 18.9. The Morgan fingerprint density at radius 1 is 1.35 bits per heavy atom. The summed E-state index contributed by atoms with van der Waals surface area (Å²) in [6.45, 7) is 2.97. The van der Waals surface area contributed by atoms with Gasteiger partial charge in [-0.2, -0.15) is 5.10 Å². The van der Waals surface area contributed by atoms with Crippen molar-refractivity contribution in [1.82, 2.24) is 9.78 Å². The summed E-state index contributed by atoms with van der Waals surface area (Å²) in [4.78, 5) is 24.1. The van der Waals surface area contributed by atoms with Gasteiger partial charge in [0.2, 0.25) is 0 Å². The van der Waals surface area contributed by atoms with Crippen molar-refractivity contribution < 1.29 is 23.9 Å². The lowest BCUT2D eigenvalue weighted by atomic mass is 9.76. The van der Waals surface area contributed by atoms with E-state index in [1.807, 2.05) is 20.0 Å². The van der Waals surface area contributed by atoms with Crippen LogP contribution in [-0.2, 0) is 26.1 Å². The number of anilines is 1. The van der Waals surface area contributed by atoms with Crippen molar-refractivity contribution in [1.29, 1.82) is 0 Å². The first kappa shape index (κ1) is 22.5. The van der Waals surface area contributed by atoms with E-state index in [0.717, 1.165) is 36.3 Å². The lowest BCUT2D eigenvalue weighted by Gasteiger charge is -2.36. The van der Waals surface area contributed by atoms with Gasteiger partial charge in [0, 0.05) is 55.1 Å². The standard InChI is InChI=1S/C24H28N4O6/c1-14-18(23(29)32-3)19(15-6-4-8-17(12-15)28(30)31)20-21(26-27(2)22(20)25-14)16-7-5-9-24(13-16)33-10-11-34-24/h4,6,8,12,16,19,25H,5,7,9-11,13H2,1-3H3. The highest BCUT2D eigenvalue weighted by atomic mass is 16.7. The maximum Gasteiger partial charge on any atom is 0.336 e. The number of fused-ring (bicyclic) bond motifs is 1. The lowest BCUT2D eigenvalue weighted by molar-refractivity contribution is -0.384. The van der Waals surface area contributed by atoms with Crippen LogP contribution in [0.25, 0.3) is 0 Å². The highest BCUT2D eigenvalue weighted by molar-refractivity contribution is 5.94. The molecule has 1 saturated heterocycles. The number of rotatable bonds is 4. The second kappa shape index (κ2) is 8.52. The molecular weight excluding hydrogens is 440 g/mol. The largest absolute Gasteiger partial charge is 0.466 e. The number of hydrogen-bond donors (Lipinski definition) is 1. The third kappa shape index (κ3) is 3.67. The molecule has 2 aliphatic heterocycles. The number of methoxy groups -OCH3 is 1. The summed E-state index contributed by atoms with van der Waals surface area (Å²) in [6.07, 6.45) is 3.37. The second-order valence-corrected chi connectivity index (χ2v) is 9.11. The average molecular weight is 469 g/mol. The predicted octanol–water partition coefficient (Wildman–Crippen LogP) is 3.73. The van der Waals surface area contributed by atoms with Crippen molar-refractivity contribution in [2.75, 3.05) is 25.6 Å². The lowest BCUT2D eigenvalue weighted by Crippen LogP contribution is -2.36. The molecule has 1 saturated carbocycles. The van der Waals surface area contributed by atoms with Crippen LogP contribution in [0.4, 0.5) is 11.5 Å². The van der Waals surface area contributed by atoms with Crippen LogP contribution in [0, 0.1) is 10.1 Å². The van der Waals surface area contributed by atoms with Crippen molar-refractivity contribution in [3.05, 3.63) is 62.5 Å². The molecule has 1 aromatic heterocycles. The van der Waals surface area contributed by atoms with Gasteiger partial charge in [0.1, 0.15) is 5.82 Å². The van der Waals surface area contributed by atoms with Crippen molar-refractivity contribution in [2.45, 2.75) is 50.2 Å².